The van der Waals surface area contributed by atoms with Crippen LogP contribution in [0.1, 0.15) is 24.8 Å². The normalized spacial score (nSPS) is 19.2. The molecule has 1 aliphatic rings. The monoisotopic (exact) mass is 282 g/mol. The average Bonchev–Trinajstić information content (AvgIpc) is 2.88. The molecule has 0 aliphatic carbocycles. The van der Waals surface area contributed by atoms with E-state index in [1.165, 1.54) is 0 Å². The first-order valence-electron chi connectivity index (χ1n) is 6.41. The van der Waals surface area contributed by atoms with Gasteiger partial charge in [0.15, 0.2) is 0 Å². The fraction of sp³-hybridized carbons (Fsp3) is 0.538. The second kappa shape index (κ2) is 6.56. The highest BCUT2D eigenvalue weighted by atomic mass is 32.1. The number of rotatable bonds is 4. The standard InChI is InChI=1S/C13H18N2O3S/c16-12(17)6-10-2-1-4-15(8-10)13(18)14-7-11-3-5-19-9-11/h3,5,9-10H,1-2,4,6-8H2,(H,14,18)(H,16,17). The largest absolute Gasteiger partial charge is 0.481 e. The lowest BCUT2D eigenvalue weighted by Gasteiger charge is -2.32. The third kappa shape index (κ3) is 4.24. The van der Waals surface area contributed by atoms with E-state index in [2.05, 4.69) is 5.32 Å². The third-order valence-corrected chi connectivity index (χ3v) is 4.03. The van der Waals surface area contributed by atoms with Crippen molar-refractivity contribution in [1.82, 2.24) is 10.2 Å². The van der Waals surface area contributed by atoms with Crippen LogP contribution in [0.5, 0.6) is 0 Å². The second-order valence-corrected chi connectivity index (χ2v) is 5.62. The van der Waals surface area contributed by atoms with Crippen molar-refractivity contribution in [1.29, 1.82) is 0 Å². The first-order valence-corrected chi connectivity index (χ1v) is 7.35. The molecular weight excluding hydrogens is 264 g/mol. The minimum absolute atomic E-state index is 0.0816. The molecule has 0 radical (unpaired) electrons. The van der Waals surface area contributed by atoms with E-state index in [1.54, 1.807) is 16.2 Å². The maximum atomic E-state index is 12.0. The molecule has 104 valence electrons. The van der Waals surface area contributed by atoms with Crippen molar-refractivity contribution in [2.45, 2.75) is 25.8 Å². The van der Waals surface area contributed by atoms with Gasteiger partial charge in [0, 0.05) is 26.1 Å². The van der Waals surface area contributed by atoms with Crippen LogP contribution >= 0.6 is 11.3 Å². The molecule has 0 aromatic carbocycles. The highest BCUT2D eigenvalue weighted by Gasteiger charge is 2.24. The molecule has 19 heavy (non-hydrogen) atoms. The SMILES string of the molecule is O=C(O)CC1CCCN(C(=O)NCc2ccsc2)C1. The van der Waals surface area contributed by atoms with Gasteiger partial charge >= 0.3 is 12.0 Å². The van der Waals surface area contributed by atoms with Crippen LogP contribution in [0, 0.1) is 5.92 Å². The van der Waals surface area contributed by atoms with E-state index < -0.39 is 5.97 Å². The number of urea groups is 1. The highest BCUT2D eigenvalue weighted by molar-refractivity contribution is 7.07. The lowest BCUT2D eigenvalue weighted by atomic mass is 9.95. The molecule has 1 aromatic heterocycles. The Labute approximate surface area is 116 Å². The Hall–Kier alpha value is -1.56. The Kier molecular flexibility index (Phi) is 4.79. The molecule has 2 N–H and O–H groups in total. The molecule has 1 atom stereocenters. The zero-order chi connectivity index (χ0) is 13.7. The first kappa shape index (κ1) is 13.9. The summed E-state index contributed by atoms with van der Waals surface area (Å²) in [4.78, 5) is 24.4. The number of likely N-dealkylation sites (tertiary alicyclic amines) is 1. The first-order chi connectivity index (χ1) is 9.15. The van der Waals surface area contributed by atoms with Crippen LogP contribution in [0.25, 0.3) is 0 Å². The van der Waals surface area contributed by atoms with Gasteiger partial charge in [0.2, 0.25) is 0 Å². The molecule has 2 rings (SSSR count). The number of carbonyl (C=O) groups excluding carboxylic acids is 1. The van der Waals surface area contributed by atoms with Gasteiger partial charge in [-0.15, -0.1) is 0 Å². The van der Waals surface area contributed by atoms with Crippen LogP contribution in [0.15, 0.2) is 16.8 Å². The number of carboxylic acid groups (broad SMARTS) is 1. The third-order valence-electron chi connectivity index (χ3n) is 3.29. The molecule has 6 heteroatoms. The molecule has 0 bridgehead atoms. The van der Waals surface area contributed by atoms with E-state index in [-0.39, 0.29) is 18.4 Å². The van der Waals surface area contributed by atoms with Crippen LogP contribution in [0.2, 0.25) is 0 Å². The van der Waals surface area contributed by atoms with E-state index in [0.717, 1.165) is 18.4 Å². The number of carbonyl (C=O) groups is 2. The molecule has 1 saturated heterocycles. The number of carboxylic acids is 1. The predicted octanol–water partition coefficient (Wildman–Crippen LogP) is 2.14. The van der Waals surface area contributed by atoms with Crippen molar-refractivity contribution < 1.29 is 14.7 Å². The quantitative estimate of drug-likeness (QED) is 0.889. The van der Waals surface area contributed by atoms with Gasteiger partial charge in [-0.25, -0.2) is 4.79 Å². The topological polar surface area (TPSA) is 69.6 Å². The smallest absolute Gasteiger partial charge is 0.317 e. The lowest BCUT2D eigenvalue weighted by Crippen LogP contribution is -2.45. The highest BCUT2D eigenvalue weighted by Crippen LogP contribution is 2.19. The summed E-state index contributed by atoms with van der Waals surface area (Å²) in [6, 6.07) is 1.88. The van der Waals surface area contributed by atoms with Gasteiger partial charge in [-0.2, -0.15) is 11.3 Å². The lowest BCUT2D eigenvalue weighted by molar-refractivity contribution is -0.138. The fourth-order valence-electron chi connectivity index (χ4n) is 2.35. The van der Waals surface area contributed by atoms with Gasteiger partial charge in [-0.3, -0.25) is 4.79 Å². The number of hydrogen-bond donors (Lipinski definition) is 2. The van der Waals surface area contributed by atoms with Crippen LogP contribution in [0.3, 0.4) is 0 Å². The number of amides is 2. The van der Waals surface area contributed by atoms with Crippen molar-refractivity contribution in [3.63, 3.8) is 0 Å². The van der Waals surface area contributed by atoms with Gasteiger partial charge in [-0.05, 0) is 41.1 Å². The zero-order valence-corrected chi connectivity index (χ0v) is 11.5. The zero-order valence-electron chi connectivity index (χ0n) is 10.7. The molecule has 1 aliphatic heterocycles. The summed E-state index contributed by atoms with van der Waals surface area (Å²) in [5.74, 6) is -0.705. The molecule has 5 nitrogen and oxygen atoms in total. The van der Waals surface area contributed by atoms with Gasteiger partial charge in [0.25, 0.3) is 0 Å². The summed E-state index contributed by atoms with van der Waals surface area (Å²) in [5, 5.41) is 15.7. The van der Waals surface area contributed by atoms with E-state index in [1.807, 2.05) is 16.8 Å². The van der Waals surface area contributed by atoms with Crippen LogP contribution in [-0.4, -0.2) is 35.1 Å². The molecule has 2 amide bonds. The average molecular weight is 282 g/mol. The summed E-state index contributed by atoms with van der Waals surface area (Å²) < 4.78 is 0. The Morgan fingerprint density at radius 2 is 2.37 bits per heavy atom. The van der Waals surface area contributed by atoms with Crippen molar-refractivity contribution in [3.05, 3.63) is 22.4 Å². The maximum Gasteiger partial charge on any atom is 0.317 e. The Morgan fingerprint density at radius 1 is 1.53 bits per heavy atom. The minimum Gasteiger partial charge on any atom is -0.481 e. The molecule has 1 fully saturated rings. The minimum atomic E-state index is -0.787. The van der Waals surface area contributed by atoms with Crippen molar-refractivity contribution in [2.75, 3.05) is 13.1 Å². The molecule has 1 aromatic rings. The summed E-state index contributed by atoms with van der Waals surface area (Å²) >= 11 is 1.60. The Morgan fingerprint density at radius 3 is 3.05 bits per heavy atom. The molecule has 0 saturated carbocycles. The number of nitrogens with zero attached hydrogens (tertiary/aromatic N) is 1. The van der Waals surface area contributed by atoms with Gasteiger partial charge < -0.3 is 15.3 Å². The van der Waals surface area contributed by atoms with Crippen LogP contribution in [0.4, 0.5) is 4.79 Å². The summed E-state index contributed by atoms with van der Waals surface area (Å²) in [5.41, 5.74) is 1.09. The van der Waals surface area contributed by atoms with Gasteiger partial charge in [0.05, 0.1) is 0 Å². The van der Waals surface area contributed by atoms with E-state index in [4.69, 9.17) is 5.11 Å². The molecule has 2 heterocycles. The number of thiophene rings is 1. The van der Waals surface area contributed by atoms with E-state index >= 15 is 0 Å². The van der Waals surface area contributed by atoms with Crippen molar-refractivity contribution in [3.8, 4) is 0 Å². The summed E-state index contributed by atoms with van der Waals surface area (Å²) in [6.45, 7) is 1.79. The van der Waals surface area contributed by atoms with Gasteiger partial charge in [-0.1, -0.05) is 0 Å². The molecular formula is C13H18N2O3S. The van der Waals surface area contributed by atoms with E-state index in [9.17, 15) is 9.59 Å². The van der Waals surface area contributed by atoms with Crippen LogP contribution in [-0.2, 0) is 11.3 Å². The number of hydrogen-bond acceptors (Lipinski definition) is 3. The van der Waals surface area contributed by atoms with Gasteiger partial charge in [0.1, 0.15) is 0 Å². The van der Waals surface area contributed by atoms with Crippen LogP contribution < -0.4 is 5.32 Å². The number of nitrogens with one attached hydrogen (secondary N) is 1. The predicted molar refractivity (Wildman–Crippen MR) is 73.1 cm³/mol. The summed E-state index contributed by atoms with van der Waals surface area (Å²) in [7, 11) is 0. The van der Waals surface area contributed by atoms with E-state index in [0.29, 0.717) is 19.6 Å². The van der Waals surface area contributed by atoms with Crippen molar-refractivity contribution in [2.24, 2.45) is 5.92 Å². The number of piperidine rings is 1. The Balaban J connectivity index is 1.79. The number of aliphatic carboxylic acids is 1. The Bertz CT molecular complexity index is 433. The van der Waals surface area contributed by atoms with Crippen molar-refractivity contribution >= 4 is 23.3 Å². The second-order valence-electron chi connectivity index (χ2n) is 4.84. The maximum absolute atomic E-state index is 12.0. The molecule has 0 spiro atoms. The fourth-order valence-corrected chi connectivity index (χ4v) is 3.01. The summed E-state index contributed by atoms with van der Waals surface area (Å²) in [6.07, 6.45) is 1.92. The molecule has 1 unspecified atom stereocenters.